The lowest BCUT2D eigenvalue weighted by Gasteiger charge is -2.11. The number of amides is 1. The number of benzene rings is 2. The number of halogens is 3. The van der Waals surface area contributed by atoms with Gasteiger partial charge in [-0.05, 0) is 24.3 Å². The first-order valence-corrected chi connectivity index (χ1v) is 5.82. The molecule has 0 aromatic heterocycles. The molecule has 0 bridgehead atoms. The largest absolute Gasteiger partial charge is 0.496 e. The van der Waals surface area contributed by atoms with Gasteiger partial charge in [-0.15, -0.1) is 0 Å². The highest BCUT2D eigenvalue weighted by atomic mass is 19.2. The number of methoxy groups -OCH3 is 1. The van der Waals surface area contributed by atoms with Crippen LogP contribution in [0.2, 0.25) is 0 Å². The molecule has 21 heavy (non-hydrogen) atoms. The first-order chi connectivity index (χ1) is 9.93. The van der Waals surface area contributed by atoms with Crippen LogP contribution in [0, 0.1) is 17.5 Å². The fourth-order valence-electron chi connectivity index (χ4n) is 1.71. The lowest BCUT2D eigenvalue weighted by Crippen LogP contribution is -2.15. The number of nitrogen functional groups attached to an aromatic ring is 1. The van der Waals surface area contributed by atoms with Crippen molar-refractivity contribution in [1.82, 2.24) is 0 Å². The summed E-state index contributed by atoms with van der Waals surface area (Å²) >= 11 is 0. The van der Waals surface area contributed by atoms with Crippen LogP contribution in [0.5, 0.6) is 5.75 Å². The van der Waals surface area contributed by atoms with E-state index in [9.17, 15) is 18.0 Å². The second-order valence-corrected chi connectivity index (χ2v) is 4.14. The fourth-order valence-corrected chi connectivity index (χ4v) is 1.71. The van der Waals surface area contributed by atoms with E-state index in [0.717, 1.165) is 6.07 Å². The molecule has 0 unspecified atom stereocenters. The Balaban J connectivity index is 2.33. The Hall–Kier alpha value is -2.70. The van der Waals surface area contributed by atoms with Gasteiger partial charge in [0, 0.05) is 11.8 Å². The maximum atomic E-state index is 13.5. The van der Waals surface area contributed by atoms with Gasteiger partial charge in [-0.2, -0.15) is 0 Å². The van der Waals surface area contributed by atoms with Gasteiger partial charge in [0.2, 0.25) is 0 Å². The van der Waals surface area contributed by atoms with Gasteiger partial charge in [0.15, 0.2) is 17.5 Å². The molecule has 4 nitrogen and oxygen atoms in total. The number of rotatable bonds is 3. The van der Waals surface area contributed by atoms with Crippen molar-refractivity contribution in [2.75, 3.05) is 18.2 Å². The zero-order chi connectivity index (χ0) is 15.6. The molecule has 0 aliphatic heterocycles. The normalized spacial score (nSPS) is 10.3. The van der Waals surface area contributed by atoms with Gasteiger partial charge in [0.1, 0.15) is 5.75 Å². The van der Waals surface area contributed by atoms with Crippen LogP contribution in [0.25, 0.3) is 0 Å². The summed E-state index contributed by atoms with van der Waals surface area (Å²) in [5.74, 6) is -5.03. The lowest BCUT2D eigenvalue weighted by atomic mass is 10.1. The molecule has 0 fully saturated rings. The molecule has 0 heterocycles. The van der Waals surface area contributed by atoms with Crippen molar-refractivity contribution in [2.45, 2.75) is 0 Å². The smallest absolute Gasteiger partial charge is 0.259 e. The van der Waals surface area contributed by atoms with Crippen molar-refractivity contribution in [3.63, 3.8) is 0 Å². The van der Waals surface area contributed by atoms with Crippen molar-refractivity contribution in [3.05, 3.63) is 53.3 Å². The van der Waals surface area contributed by atoms with Gasteiger partial charge in [-0.1, -0.05) is 0 Å². The minimum Gasteiger partial charge on any atom is -0.496 e. The summed E-state index contributed by atoms with van der Waals surface area (Å²) in [6.45, 7) is 0. The van der Waals surface area contributed by atoms with Crippen LogP contribution in [0.15, 0.2) is 30.3 Å². The average Bonchev–Trinajstić information content (AvgIpc) is 2.47. The first-order valence-electron chi connectivity index (χ1n) is 5.82. The summed E-state index contributed by atoms with van der Waals surface area (Å²) in [5, 5.41) is 2.15. The number of hydrogen-bond acceptors (Lipinski definition) is 3. The molecule has 0 saturated carbocycles. The summed E-state index contributed by atoms with van der Waals surface area (Å²) in [6, 6.07) is 5.89. The van der Waals surface area contributed by atoms with E-state index >= 15 is 0 Å². The predicted octanol–water partition coefficient (Wildman–Crippen LogP) is 2.95. The van der Waals surface area contributed by atoms with Crippen LogP contribution < -0.4 is 15.8 Å². The molecule has 3 N–H and O–H groups in total. The third-order valence-corrected chi connectivity index (χ3v) is 2.75. The van der Waals surface area contributed by atoms with Crippen LogP contribution in [-0.4, -0.2) is 13.0 Å². The maximum absolute atomic E-state index is 13.5. The van der Waals surface area contributed by atoms with Crippen molar-refractivity contribution in [3.8, 4) is 5.75 Å². The number of carbonyl (C=O) groups is 1. The molecule has 0 atom stereocenters. The average molecular weight is 296 g/mol. The highest BCUT2D eigenvalue weighted by molar-refractivity contribution is 6.06. The van der Waals surface area contributed by atoms with E-state index in [2.05, 4.69) is 5.32 Å². The zero-order valence-corrected chi connectivity index (χ0v) is 10.9. The summed E-state index contributed by atoms with van der Waals surface area (Å²) in [6.07, 6.45) is 0. The van der Waals surface area contributed by atoms with Crippen LogP contribution in [0.1, 0.15) is 10.4 Å². The maximum Gasteiger partial charge on any atom is 0.259 e. The molecule has 2 aromatic carbocycles. The predicted molar refractivity (Wildman–Crippen MR) is 71.7 cm³/mol. The van der Waals surface area contributed by atoms with Crippen LogP contribution in [-0.2, 0) is 0 Å². The molecule has 0 aliphatic rings. The number of carbonyl (C=O) groups excluding carboxylic acids is 1. The van der Waals surface area contributed by atoms with Gasteiger partial charge < -0.3 is 15.8 Å². The van der Waals surface area contributed by atoms with Crippen LogP contribution in [0.3, 0.4) is 0 Å². The molecule has 7 heteroatoms. The molecular formula is C14H11F3N2O2. The Morgan fingerprint density at radius 2 is 1.86 bits per heavy atom. The van der Waals surface area contributed by atoms with Crippen LogP contribution >= 0.6 is 0 Å². The van der Waals surface area contributed by atoms with E-state index in [-0.39, 0.29) is 11.3 Å². The summed E-state index contributed by atoms with van der Waals surface area (Å²) in [4.78, 5) is 12.0. The standard InChI is InChI=1S/C14H11F3N2O2/c1-21-11-6-7(18)2-3-8(11)14(20)19-10-5-4-9(15)12(16)13(10)17/h2-6H,18H2,1H3,(H,19,20). The number of ether oxygens (including phenoxy) is 1. The summed E-state index contributed by atoms with van der Waals surface area (Å²) in [7, 11) is 1.34. The highest BCUT2D eigenvalue weighted by Crippen LogP contribution is 2.24. The van der Waals surface area contributed by atoms with E-state index in [1.807, 2.05) is 0 Å². The zero-order valence-electron chi connectivity index (χ0n) is 10.9. The molecule has 1 amide bonds. The Morgan fingerprint density at radius 3 is 2.52 bits per heavy atom. The van der Waals surface area contributed by atoms with Gasteiger partial charge in [-0.3, -0.25) is 4.79 Å². The second kappa shape index (κ2) is 5.74. The molecule has 0 radical (unpaired) electrons. The van der Waals surface area contributed by atoms with Crippen molar-refractivity contribution >= 4 is 17.3 Å². The molecule has 2 aromatic rings. The summed E-state index contributed by atoms with van der Waals surface area (Å²) in [5.41, 5.74) is 5.54. The lowest BCUT2D eigenvalue weighted by molar-refractivity contribution is 0.102. The highest BCUT2D eigenvalue weighted by Gasteiger charge is 2.18. The monoisotopic (exact) mass is 296 g/mol. The quantitative estimate of drug-likeness (QED) is 0.676. The number of hydrogen-bond donors (Lipinski definition) is 2. The number of anilines is 2. The Bertz CT molecular complexity index is 705. The Kier molecular flexibility index (Phi) is 4.02. The van der Waals surface area contributed by atoms with Crippen molar-refractivity contribution in [1.29, 1.82) is 0 Å². The Morgan fingerprint density at radius 1 is 1.14 bits per heavy atom. The molecule has 2 rings (SSSR count). The van der Waals surface area contributed by atoms with Gasteiger partial charge in [0.05, 0.1) is 18.4 Å². The van der Waals surface area contributed by atoms with Gasteiger partial charge in [0.25, 0.3) is 5.91 Å². The Labute approximate surface area is 118 Å². The topological polar surface area (TPSA) is 64.3 Å². The first kappa shape index (κ1) is 14.7. The van der Waals surface area contributed by atoms with Gasteiger partial charge >= 0.3 is 0 Å². The second-order valence-electron chi connectivity index (χ2n) is 4.14. The molecule has 0 spiro atoms. The molecule has 0 aliphatic carbocycles. The number of nitrogens with two attached hydrogens (primary N) is 1. The minimum absolute atomic E-state index is 0.0795. The van der Waals surface area contributed by atoms with E-state index < -0.39 is 29.0 Å². The van der Waals surface area contributed by atoms with Crippen molar-refractivity contribution < 1.29 is 22.7 Å². The molecule has 110 valence electrons. The van der Waals surface area contributed by atoms with Crippen LogP contribution in [0.4, 0.5) is 24.5 Å². The van der Waals surface area contributed by atoms with E-state index in [0.29, 0.717) is 11.8 Å². The van der Waals surface area contributed by atoms with E-state index in [1.165, 1.54) is 25.3 Å². The third-order valence-electron chi connectivity index (χ3n) is 2.75. The SMILES string of the molecule is COc1cc(N)ccc1C(=O)Nc1ccc(F)c(F)c1F. The van der Waals surface area contributed by atoms with E-state index in [1.54, 1.807) is 0 Å². The summed E-state index contributed by atoms with van der Waals surface area (Å²) < 4.78 is 44.4. The van der Waals surface area contributed by atoms with Gasteiger partial charge in [-0.25, -0.2) is 13.2 Å². The fraction of sp³-hybridized carbons (Fsp3) is 0.0714. The molecular weight excluding hydrogens is 285 g/mol. The third kappa shape index (κ3) is 2.91. The van der Waals surface area contributed by atoms with E-state index in [4.69, 9.17) is 10.5 Å². The molecule has 0 saturated heterocycles. The van der Waals surface area contributed by atoms with Crippen molar-refractivity contribution in [2.24, 2.45) is 0 Å². The number of nitrogens with one attached hydrogen (secondary N) is 1. The minimum atomic E-state index is -1.66.